The van der Waals surface area contributed by atoms with Gasteiger partial charge >= 0.3 is 0 Å². The fourth-order valence-corrected chi connectivity index (χ4v) is 3.89. The Morgan fingerprint density at radius 3 is 2.71 bits per heavy atom. The number of benzene rings is 1. The molecule has 0 saturated heterocycles. The lowest BCUT2D eigenvalue weighted by Gasteiger charge is -2.09. The first-order valence-corrected chi connectivity index (χ1v) is 9.84. The number of nitrogens with zero attached hydrogens (tertiary/aromatic N) is 1. The van der Waals surface area contributed by atoms with Crippen molar-refractivity contribution in [2.75, 3.05) is 6.54 Å². The number of aromatic nitrogens is 1. The van der Waals surface area contributed by atoms with Crippen molar-refractivity contribution < 1.29 is 9.63 Å². The molecule has 1 amide bonds. The van der Waals surface area contributed by atoms with Crippen molar-refractivity contribution in [3.63, 3.8) is 0 Å². The second kappa shape index (κ2) is 8.00. The van der Waals surface area contributed by atoms with E-state index in [1.165, 1.54) is 11.3 Å². The highest BCUT2D eigenvalue weighted by Gasteiger charge is 2.23. The Hall–Kier alpha value is -2.90. The van der Waals surface area contributed by atoms with E-state index in [1.54, 1.807) is 30.5 Å². The van der Waals surface area contributed by atoms with E-state index in [1.807, 2.05) is 24.3 Å². The average Bonchev–Trinajstić information content (AvgIpc) is 3.36. The Kier molecular flexibility index (Phi) is 5.27. The molecule has 0 saturated carbocycles. The van der Waals surface area contributed by atoms with Crippen LogP contribution in [0.4, 0.5) is 0 Å². The molecule has 0 fully saturated rings. The molecule has 0 aliphatic carbocycles. The SMILES string of the molecule is O=C(NCC1CC(c2ccc(-c3ccc[nH]c3=O)cc2)=NO1)c1ccc(Cl)s1. The molecule has 0 bridgehead atoms. The van der Waals surface area contributed by atoms with Gasteiger partial charge in [-0.15, -0.1) is 11.3 Å². The molecule has 3 aromatic rings. The predicted molar refractivity (Wildman–Crippen MR) is 110 cm³/mol. The van der Waals surface area contributed by atoms with Gasteiger partial charge in [0.1, 0.15) is 6.10 Å². The summed E-state index contributed by atoms with van der Waals surface area (Å²) in [5.74, 6) is -0.175. The van der Waals surface area contributed by atoms with E-state index in [0.717, 1.165) is 16.8 Å². The quantitative estimate of drug-likeness (QED) is 0.669. The van der Waals surface area contributed by atoms with Crippen LogP contribution in [-0.4, -0.2) is 29.3 Å². The Bertz CT molecular complexity index is 1090. The number of carbonyl (C=O) groups is 1. The lowest BCUT2D eigenvalue weighted by molar-refractivity contribution is 0.0755. The summed E-state index contributed by atoms with van der Waals surface area (Å²) in [6, 6.07) is 14.6. The first-order chi connectivity index (χ1) is 13.6. The standard InChI is InChI=1S/C20H16ClN3O3S/c21-18-8-7-17(28-18)20(26)23-11-14-10-16(24-27-14)13-5-3-12(4-6-13)15-2-1-9-22-19(15)25/h1-9,14H,10-11H2,(H,22,25)(H,23,26). The molecule has 0 spiro atoms. The van der Waals surface area contributed by atoms with Gasteiger partial charge in [-0.2, -0.15) is 0 Å². The third kappa shape index (κ3) is 4.00. The molecule has 1 aliphatic heterocycles. The summed E-state index contributed by atoms with van der Waals surface area (Å²) in [7, 11) is 0. The Labute approximate surface area is 169 Å². The van der Waals surface area contributed by atoms with Crippen LogP contribution in [0.1, 0.15) is 21.7 Å². The van der Waals surface area contributed by atoms with Gasteiger partial charge in [0.25, 0.3) is 11.5 Å². The monoisotopic (exact) mass is 413 g/mol. The molecule has 1 unspecified atom stereocenters. The Morgan fingerprint density at radius 1 is 1.21 bits per heavy atom. The number of nitrogens with one attached hydrogen (secondary N) is 2. The molecule has 4 rings (SSSR count). The number of aromatic amines is 1. The number of thiophene rings is 1. The van der Waals surface area contributed by atoms with Crippen LogP contribution < -0.4 is 10.9 Å². The van der Waals surface area contributed by atoms with Gasteiger partial charge in [-0.05, 0) is 35.4 Å². The maximum Gasteiger partial charge on any atom is 0.261 e. The van der Waals surface area contributed by atoms with Gasteiger partial charge in [0.05, 0.1) is 21.5 Å². The van der Waals surface area contributed by atoms with Crippen molar-refractivity contribution in [2.24, 2.45) is 5.16 Å². The Morgan fingerprint density at radius 2 is 2.00 bits per heavy atom. The number of amides is 1. The van der Waals surface area contributed by atoms with E-state index in [0.29, 0.717) is 27.7 Å². The molecular formula is C20H16ClN3O3S. The van der Waals surface area contributed by atoms with Crippen molar-refractivity contribution in [3.8, 4) is 11.1 Å². The fraction of sp³-hybridized carbons (Fsp3) is 0.150. The van der Waals surface area contributed by atoms with E-state index in [2.05, 4.69) is 15.5 Å². The van der Waals surface area contributed by atoms with Gasteiger partial charge in [-0.3, -0.25) is 9.59 Å². The van der Waals surface area contributed by atoms with E-state index in [-0.39, 0.29) is 17.6 Å². The zero-order valence-corrected chi connectivity index (χ0v) is 16.2. The fourth-order valence-electron chi connectivity index (χ4n) is 2.93. The van der Waals surface area contributed by atoms with Crippen LogP contribution in [0.15, 0.2) is 64.7 Å². The second-order valence-electron chi connectivity index (χ2n) is 6.27. The topological polar surface area (TPSA) is 83.5 Å². The number of hydrogen-bond acceptors (Lipinski definition) is 5. The van der Waals surface area contributed by atoms with Gasteiger partial charge < -0.3 is 15.1 Å². The summed E-state index contributed by atoms with van der Waals surface area (Å²) in [6.07, 6.45) is 1.99. The zero-order valence-electron chi connectivity index (χ0n) is 14.6. The summed E-state index contributed by atoms with van der Waals surface area (Å²) < 4.78 is 0.578. The third-order valence-electron chi connectivity index (χ3n) is 4.37. The van der Waals surface area contributed by atoms with Gasteiger partial charge in [-0.25, -0.2) is 0 Å². The molecule has 1 atom stereocenters. The first-order valence-electron chi connectivity index (χ1n) is 8.65. The zero-order chi connectivity index (χ0) is 19.5. The van der Waals surface area contributed by atoms with Crippen molar-refractivity contribution in [2.45, 2.75) is 12.5 Å². The van der Waals surface area contributed by atoms with Crippen LogP contribution in [0.2, 0.25) is 4.34 Å². The summed E-state index contributed by atoms with van der Waals surface area (Å²) >= 11 is 7.09. The van der Waals surface area contributed by atoms with Crippen LogP contribution in [0.5, 0.6) is 0 Å². The molecule has 6 nitrogen and oxygen atoms in total. The summed E-state index contributed by atoms with van der Waals surface area (Å²) in [4.78, 5) is 32.7. The highest BCUT2D eigenvalue weighted by Crippen LogP contribution is 2.22. The van der Waals surface area contributed by atoms with Crippen LogP contribution in [0, 0.1) is 0 Å². The maximum absolute atomic E-state index is 12.1. The number of rotatable bonds is 5. The molecule has 2 N–H and O–H groups in total. The number of oxime groups is 1. The van der Waals surface area contributed by atoms with Crippen molar-refractivity contribution in [3.05, 3.63) is 79.9 Å². The van der Waals surface area contributed by atoms with E-state index < -0.39 is 0 Å². The minimum Gasteiger partial charge on any atom is -0.390 e. The highest BCUT2D eigenvalue weighted by molar-refractivity contribution is 7.17. The van der Waals surface area contributed by atoms with Gasteiger partial charge in [0, 0.05) is 18.2 Å². The second-order valence-corrected chi connectivity index (χ2v) is 7.99. The number of pyridine rings is 1. The lowest BCUT2D eigenvalue weighted by Crippen LogP contribution is -2.31. The number of hydrogen-bond donors (Lipinski definition) is 2. The molecule has 1 aliphatic rings. The van der Waals surface area contributed by atoms with Crippen LogP contribution >= 0.6 is 22.9 Å². The number of carbonyl (C=O) groups excluding carboxylic acids is 1. The molecule has 0 radical (unpaired) electrons. The van der Waals surface area contributed by atoms with Crippen LogP contribution in [-0.2, 0) is 4.84 Å². The summed E-state index contributed by atoms with van der Waals surface area (Å²) in [6.45, 7) is 0.360. The van der Waals surface area contributed by atoms with Crippen molar-refractivity contribution >= 4 is 34.6 Å². The normalized spacial score (nSPS) is 15.8. The molecule has 142 valence electrons. The first kappa shape index (κ1) is 18.5. The van der Waals surface area contributed by atoms with Gasteiger partial charge in [0.15, 0.2) is 0 Å². The molecule has 8 heteroatoms. The molecule has 2 aromatic heterocycles. The van der Waals surface area contributed by atoms with Gasteiger partial charge in [0.2, 0.25) is 0 Å². The predicted octanol–water partition coefficient (Wildman–Crippen LogP) is 3.68. The summed E-state index contributed by atoms with van der Waals surface area (Å²) in [5, 5.41) is 6.98. The molecular weight excluding hydrogens is 398 g/mol. The molecule has 3 heterocycles. The molecule has 28 heavy (non-hydrogen) atoms. The van der Waals surface area contributed by atoms with Crippen molar-refractivity contribution in [1.29, 1.82) is 0 Å². The minimum absolute atomic E-state index is 0.125. The van der Waals surface area contributed by atoms with Crippen LogP contribution in [0.3, 0.4) is 0 Å². The number of halogens is 1. The van der Waals surface area contributed by atoms with Crippen molar-refractivity contribution in [1.82, 2.24) is 10.3 Å². The third-order valence-corrected chi connectivity index (χ3v) is 5.60. The van der Waals surface area contributed by atoms with Gasteiger partial charge in [-0.1, -0.05) is 41.0 Å². The smallest absolute Gasteiger partial charge is 0.261 e. The highest BCUT2D eigenvalue weighted by atomic mass is 35.5. The van der Waals surface area contributed by atoms with Crippen LogP contribution in [0.25, 0.3) is 11.1 Å². The van der Waals surface area contributed by atoms with E-state index >= 15 is 0 Å². The van der Waals surface area contributed by atoms with E-state index in [4.69, 9.17) is 16.4 Å². The maximum atomic E-state index is 12.1. The Balaban J connectivity index is 1.36. The average molecular weight is 414 g/mol. The summed E-state index contributed by atoms with van der Waals surface area (Å²) in [5.41, 5.74) is 3.07. The lowest BCUT2D eigenvalue weighted by atomic mass is 10.0. The largest absolute Gasteiger partial charge is 0.390 e. The minimum atomic E-state index is -0.217. The molecule has 1 aromatic carbocycles. The number of H-pyrrole nitrogens is 1. The van der Waals surface area contributed by atoms with E-state index in [9.17, 15) is 9.59 Å².